The molecule has 4 rings (SSSR count). The maximum absolute atomic E-state index is 13.3. The van der Waals surface area contributed by atoms with Crippen molar-refractivity contribution in [2.75, 3.05) is 5.32 Å². The van der Waals surface area contributed by atoms with E-state index in [0.29, 0.717) is 17.0 Å². The topological polar surface area (TPSA) is 59.3 Å². The summed E-state index contributed by atoms with van der Waals surface area (Å²) in [6.07, 6.45) is 3.81. The largest absolute Gasteiger partial charge is 0.308 e. The number of carbonyl (C=O) groups is 1. The Morgan fingerprint density at radius 2 is 1.85 bits per heavy atom. The van der Waals surface area contributed by atoms with E-state index in [-0.39, 0.29) is 18.1 Å². The minimum atomic E-state index is -0.325. The fourth-order valence-corrected chi connectivity index (χ4v) is 2.96. The number of hydrogen-bond donors (Lipinski definition) is 1. The number of aryl methyl sites for hydroxylation is 1. The van der Waals surface area contributed by atoms with Crippen molar-refractivity contribution in [3.63, 3.8) is 0 Å². The van der Waals surface area contributed by atoms with E-state index in [2.05, 4.69) is 15.4 Å². The number of nitrogens with one attached hydrogen (secondary N) is 1. The Labute approximate surface area is 155 Å². The number of amides is 1. The van der Waals surface area contributed by atoms with E-state index in [1.165, 1.54) is 12.1 Å². The van der Waals surface area contributed by atoms with Crippen molar-refractivity contribution in [1.82, 2.24) is 14.6 Å². The standard InChI is InChI=1S/C21H17FN4O/c1-14-12-23-21-19(16-7-9-17(22)10-8-16)20(25-26(21)13-14)24-18(27)11-15-5-3-2-4-6-15/h2-10,12-13H,11H2,1H3,(H,24,25,27). The van der Waals surface area contributed by atoms with Crippen LogP contribution in [0.3, 0.4) is 0 Å². The van der Waals surface area contributed by atoms with Crippen LogP contribution in [0.4, 0.5) is 10.2 Å². The predicted octanol–water partition coefficient (Wildman–Crippen LogP) is 4.03. The fraction of sp³-hybridized carbons (Fsp3) is 0.0952. The van der Waals surface area contributed by atoms with Crippen LogP contribution in [0.25, 0.3) is 16.8 Å². The molecule has 2 aromatic heterocycles. The van der Waals surface area contributed by atoms with Gasteiger partial charge in [-0.2, -0.15) is 0 Å². The Morgan fingerprint density at radius 1 is 1.11 bits per heavy atom. The zero-order valence-corrected chi connectivity index (χ0v) is 14.7. The number of rotatable bonds is 4. The van der Waals surface area contributed by atoms with Crippen LogP contribution in [-0.4, -0.2) is 20.5 Å². The van der Waals surface area contributed by atoms with E-state index in [1.54, 1.807) is 22.8 Å². The Kier molecular flexibility index (Phi) is 4.38. The summed E-state index contributed by atoms with van der Waals surface area (Å²) in [5.74, 6) is -0.0981. The molecule has 0 aliphatic heterocycles. The van der Waals surface area contributed by atoms with Crippen LogP contribution >= 0.6 is 0 Å². The minimum absolute atomic E-state index is 0.176. The molecule has 2 heterocycles. The maximum Gasteiger partial charge on any atom is 0.230 e. The van der Waals surface area contributed by atoms with Crippen molar-refractivity contribution < 1.29 is 9.18 Å². The second-order valence-electron chi connectivity index (χ2n) is 6.34. The van der Waals surface area contributed by atoms with Gasteiger partial charge in [-0.15, -0.1) is 5.10 Å². The highest BCUT2D eigenvalue weighted by Crippen LogP contribution is 2.31. The van der Waals surface area contributed by atoms with Gasteiger partial charge in [-0.05, 0) is 35.7 Å². The Bertz CT molecular complexity index is 1100. The van der Waals surface area contributed by atoms with Gasteiger partial charge in [-0.1, -0.05) is 42.5 Å². The first kappa shape index (κ1) is 16.9. The van der Waals surface area contributed by atoms with E-state index in [1.807, 2.05) is 43.5 Å². The third-order valence-corrected chi connectivity index (χ3v) is 4.20. The van der Waals surface area contributed by atoms with Gasteiger partial charge in [0.15, 0.2) is 11.5 Å². The molecule has 0 aliphatic carbocycles. The summed E-state index contributed by atoms with van der Waals surface area (Å²) < 4.78 is 15.0. The van der Waals surface area contributed by atoms with Crippen LogP contribution in [0.1, 0.15) is 11.1 Å². The Hall–Kier alpha value is -3.54. The quantitative estimate of drug-likeness (QED) is 0.598. The molecule has 0 saturated heterocycles. The van der Waals surface area contributed by atoms with Crippen molar-refractivity contribution in [2.24, 2.45) is 0 Å². The smallest absolute Gasteiger partial charge is 0.230 e. The van der Waals surface area contributed by atoms with E-state index in [0.717, 1.165) is 16.7 Å². The summed E-state index contributed by atoms with van der Waals surface area (Å²) in [6, 6.07) is 15.6. The molecular weight excluding hydrogens is 343 g/mol. The molecule has 0 radical (unpaired) electrons. The van der Waals surface area contributed by atoms with Crippen molar-refractivity contribution in [3.05, 3.63) is 83.9 Å². The maximum atomic E-state index is 13.3. The first-order valence-corrected chi connectivity index (χ1v) is 8.55. The second kappa shape index (κ2) is 6.99. The number of benzene rings is 2. The summed E-state index contributed by atoms with van der Waals surface area (Å²) >= 11 is 0. The lowest BCUT2D eigenvalue weighted by molar-refractivity contribution is -0.115. The van der Waals surface area contributed by atoms with Gasteiger partial charge < -0.3 is 5.32 Å². The van der Waals surface area contributed by atoms with Gasteiger partial charge in [0.2, 0.25) is 5.91 Å². The van der Waals surface area contributed by atoms with Gasteiger partial charge in [0.1, 0.15) is 5.82 Å². The number of halogens is 1. The highest BCUT2D eigenvalue weighted by Gasteiger charge is 2.18. The predicted molar refractivity (Wildman–Crippen MR) is 102 cm³/mol. The summed E-state index contributed by atoms with van der Waals surface area (Å²) in [6.45, 7) is 1.92. The minimum Gasteiger partial charge on any atom is -0.308 e. The van der Waals surface area contributed by atoms with Gasteiger partial charge in [0.05, 0.1) is 12.0 Å². The molecule has 1 amide bonds. The van der Waals surface area contributed by atoms with E-state index in [9.17, 15) is 9.18 Å². The third kappa shape index (κ3) is 3.55. The fourth-order valence-electron chi connectivity index (χ4n) is 2.96. The van der Waals surface area contributed by atoms with Crippen LogP contribution in [0, 0.1) is 12.7 Å². The molecule has 134 valence electrons. The first-order chi connectivity index (χ1) is 13.1. The molecule has 0 bridgehead atoms. The molecule has 0 unspecified atom stereocenters. The molecule has 0 spiro atoms. The Morgan fingerprint density at radius 3 is 2.59 bits per heavy atom. The number of fused-ring (bicyclic) bond motifs is 1. The van der Waals surface area contributed by atoms with Crippen LogP contribution in [-0.2, 0) is 11.2 Å². The Balaban J connectivity index is 1.73. The lowest BCUT2D eigenvalue weighted by Crippen LogP contribution is -2.15. The molecule has 0 aliphatic rings. The molecule has 6 heteroatoms. The van der Waals surface area contributed by atoms with Gasteiger partial charge in [0, 0.05) is 12.4 Å². The molecular formula is C21H17FN4O. The molecule has 0 saturated carbocycles. The van der Waals surface area contributed by atoms with Crippen LogP contribution in [0.5, 0.6) is 0 Å². The lowest BCUT2D eigenvalue weighted by atomic mass is 10.1. The van der Waals surface area contributed by atoms with Gasteiger partial charge in [-0.3, -0.25) is 4.79 Å². The molecule has 1 N–H and O–H groups in total. The third-order valence-electron chi connectivity index (χ3n) is 4.20. The summed E-state index contributed by atoms with van der Waals surface area (Å²) in [5, 5.41) is 7.36. The molecule has 0 fully saturated rings. The van der Waals surface area contributed by atoms with Crippen LogP contribution in [0.15, 0.2) is 67.0 Å². The molecule has 4 aromatic rings. The molecule has 27 heavy (non-hydrogen) atoms. The van der Waals surface area contributed by atoms with E-state index < -0.39 is 0 Å². The van der Waals surface area contributed by atoms with E-state index >= 15 is 0 Å². The second-order valence-corrected chi connectivity index (χ2v) is 6.34. The van der Waals surface area contributed by atoms with E-state index in [4.69, 9.17) is 0 Å². The average Bonchev–Trinajstić information content (AvgIpc) is 3.00. The summed E-state index contributed by atoms with van der Waals surface area (Å²) in [7, 11) is 0. The number of nitrogens with zero attached hydrogens (tertiary/aromatic N) is 3. The highest BCUT2D eigenvalue weighted by atomic mass is 19.1. The number of aromatic nitrogens is 3. The summed E-state index contributed by atoms with van der Waals surface area (Å²) in [4.78, 5) is 17.0. The van der Waals surface area contributed by atoms with Gasteiger partial charge >= 0.3 is 0 Å². The van der Waals surface area contributed by atoms with Gasteiger partial charge in [0.25, 0.3) is 0 Å². The lowest BCUT2D eigenvalue weighted by Gasteiger charge is -2.06. The van der Waals surface area contributed by atoms with Crippen LogP contribution < -0.4 is 5.32 Å². The number of anilines is 1. The van der Waals surface area contributed by atoms with Crippen LogP contribution in [0.2, 0.25) is 0 Å². The molecule has 0 atom stereocenters. The monoisotopic (exact) mass is 360 g/mol. The van der Waals surface area contributed by atoms with Crippen molar-refractivity contribution >= 4 is 17.4 Å². The first-order valence-electron chi connectivity index (χ1n) is 8.55. The van der Waals surface area contributed by atoms with Gasteiger partial charge in [-0.25, -0.2) is 13.9 Å². The highest BCUT2D eigenvalue weighted by molar-refractivity contribution is 5.98. The molecule has 5 nitrogen and oxygen atoms in total. The number of hydrogen-bond acceptors (Lipinski definition) is 3. The van der Waals surface area contributed by atoms with Crippen molar-refractivity contribution in [3.8, 4) is 11.1 Å². The van der Waals surface area contributed by atoms with Crippen molar-refractivity contribution in [1.29, 1.82) is 0 Å². The SMILES string of the molecule is Cc1cnc2c(-c3ccc(F)cc3)c(NC(=O)Cc3ccccc3)nn2c1. The average molecular weight is 360 g/mol. The number of carbonyl (C=O) groups excluding carboxylic acids is 1. The summed E-state index contributed by atoms with van der Waals surface area (Å²) in [5.41, 5.74) is 3.85. The van der Waals surface area contributed by atoms with Crippen molar-refractivity contribution in [2.45, 2.75) is 13.3 Å². The zero-order chi connectivity index (χ0) is 18.8. The zero-order valence-electron chi connectivity index (χ0n) is 14.7. The normalized spacial score (nSPS) is 10.9. The molecule has 2 aromatic carbocycles.